The summed E-state index contributed by atoms with van der Waals surface area (Å²) in [5, 5.41) is 5.39. The highest BCUT2D eigenvalue weighted by Gasteiger charge is 2.32. The molecule has 156 valence electrons. The Hall–Kier alpha value is -2.90. The van der Waals surface area contributed by atoms with Crippen molar-refractivity contribution in [3.63, 3.8) is 0 Å². The minimum absolute atomic E-state index is 0.0547. The summed E-state index contributed by atoms with van der Waals surface area (Å²) < 4.78 is 42.2. The Kier molecular flexibility index (Phi) is 6.74. The highest BCUT2D eigenvalue weighted by atomic mass is 35.5. The number of nitrogens with one attached hydrogen (secondary N) is 2. The predicted molar refractivity (Wildman–Crippen MR) is 111 cm³/mol. The van der Waals surface area contributed by atoms with Gasteiger partial charge in [-0.05, 0) is 23.8 Å². The van der Waals surface area contributed by atoms with Crippen molar-refractivity contribution in [1.82, 2.24) is 5.32 Å². The number of anilines is 1. The van der Waals surface area contributed by atoms with Crippen LogP contribution in [0, 0.1) is 0 Å². The molecule has 2 amide bonds. The lowest BCUT2D eigenvalue weighted by Crippen LogP contribution is -2.28. The lowest BCUT2D eigenvalue weighted by molar-refractivity contribution is -0.274. The third-order valence-electron chi connectivity index (χ3n) is 3.98. The average molecular weight is 455 g/mol. The second kappa shape index (κ2) is 9.28. The first-order chi connectivity index (χ1) is 14.2. The molecule has 0 heterocycles. The van der Waals surface area contributed by atoms with Gasteiger partial charge in [0.05, 0.1) is 10.0 Å². The highest BCUT2D eigenvalue weighted by Crippen LogP contribution is 2.42. The number of hydrogen-bond acceptors (Lipinski definition) is 2. The molecule has 0 saturated carbocycles. The maximum absolute atomic E-state index is 12.7. The second-order valence-corrected chi connectivity index (χ2v) is 6.97. The lowest BCUT2D eigenvalue weighted by Gasteiger charge is -2.16. The first kappa shape index (κ1) is 21.8. The topological polar surface area (TPSA) is 50.4 Å². The monoisotopic (exact) mass is 454 g/mol. The summed E-state index contributed by atoms with van der Waals surface area (Å²) in [4.78, 5) is 12.1. The molecule has 4 nitrogen and oxygen atoms in total. The van der Waals surface area contributed by atoms with Gasteiger partial charge in [0, 0.05) is 23.4 Å². The van der Waals surface area contributed by atoms with Crippen LogP contribution in [-0.2, 0) is 6.54 Å². The summed E-state index contributed by atoms with van der Waals surface area (Å²) in [5.41, 5.74) is 1.44. The van der Waals surface area contributed by atoms with Crippen LogP contribution < -0.4 is 15.4 Å². The van der Waals surface area contributed by atoms with E-state index in [1.807, 2.05) is 30.3 Å². The summed E-state index contributed by atoms with van der Waals surface area (Å²) in [5.74, 6) is -0.435. The first-order valence-corrected chi connectivity index (χ1v) is 9.41. The van der Waals surface area contributed by atoms with Crippen molar-refractivity contribution in [2.24, 2.45) is 0 Å². The molecule has 30 heavy (non-hydrogen) atoms. The minimum atomic E-state index is -4.87. The van der Waals surface area contributed by atoms with Gasteiger partial charge in [-0.1, -0.05) is 71.7 Å². The Bertz CT molecular complexity index is 1020. The van der Waals surface area contributed by atoms with Gasteiger partial charge in [0.2, 0.25) is 0 Å². The third-order valence-corrected chi connectivity index (χ3v) is 4.57. The number of halogens is 5. The van der Waals surface area contributed by atoms with E-state index in [0.29, 0.717) is 6.54 Å². The van der Waals surface area contributed by atoms with Crippen LogP contribution in [0.3, 0.4) is 0 Å². The van der Waals surface area contributed by atoms with Crippen molar-refractivity contribution in [2.45, 2.75) is 12.9 Å². The maximum Gasteiger partial charge on any atom is 0.573 e. The van der Waals surface area contributed by atoms with E-state index in [4.69, 9.17) is 23.2 Å². The van der Waals surface area contributed by atoms with Crippen LogP contribution in [0.15, 0.2) is 66.7 Å². The zero-order chi connectivity index (χ0) is 21.7. The van der Waals surface area contributed by atoms with Gasteiger partial charge in [-0.15, -0.1) is 13.2 Å². The summed E-state index contributed by atoms with van der Waals surface area (Å²) in [6.45, 7) is 0.314. The molecule has 0 aliphatic rings. The summed E-state index contributed by atoms with van der Waals surface area (Å²) in [7, 11) is 0. The van der Waals surface area contributed by atoms with Gasteiger partial charge < -0.3 is 15.4 Å². The van der Waals surface area contributed by atoms with Crippen molar-refractivity contribution in [1.29, 1.82) is 0 Å². The first-order valence-electron chi connectivity index (χ1n) is 8.66. The van der Waals surface area contributed by atoms with Crippen LogP contribution in [0.1, 0.15) is 5.56 Å². The molecular formula is C21H15Cl2F3N2O2. The predicted octanol–water partition coefficient (Wildman–Crippen LogP) is 6.88. The fourth-order valence-corrected chi connectivity index (χ4v) is 3.43. The average Bonchev–Trinajstić information content (AvgIpc) is 2.67. The number of alkyl halides is 3. The molecule has 3 aromatic carbocycles. The number of para-hydroxylation sites is 1. The van der Waals surface area contributed by atoms with Gasteiger partial charge >= 0.3 is 12.4 Å². The van der Waals surface area contributed by atoms with Crippen LogP contribution in [-0.4, -0.2) is 12.4 Å². The van der Waals surface area contributed by atoms with Crippen molar-refractivity contribution < 1.29 is 22.7 Å². The zero-order valence-electron chi connectivity index (χ0n) is 15.3. The van der Waals surface area contributed by atoms with E-state index >= 15 is 0 Å². The largest absolute Gasteiger partial charge is 0.573 e. The molecule has 0 fully saturated rings. The quantitative estimate of drug-likeness (QED) is 0.441. The van der Waals surface area contributed by atoms with Gasteiger partial charge in [0.15, 0.2) is 0 Å². The molecule has 0 saturated heterocycles. The Balaban J connectivity index is 1.79. The molecule has 0 radical (unpaired) electrons. The van der Waals surface area contributed by atoms with Gasteiger partial charge in [-0.3, -0.25) is 0 Å². The number of hydrogen-bond donors (Lipinski definition) is 2. The van der Waals surface area contributed by atoms with Crippen molar-refractivity contribution >= 4 is 34.9 Å². The Morgan fingerprint density at radius 3 is 2.17 bits per heavy atom. The van der Waals surface area contributed by atoms with E-state index in [-0.39, 0.29) is 26.9 Å². The molecule has 2 N–H and O–H groups in total. The van der Waals surface area contributed by atoms with E-state index in [9.17, 15) is 18.0 Å². The molecule has 0 unspecified atom stereocenters. The normalized spacial score (nSPS) is 11.1. The zero-order valence-corrected chi connectivity index (χ0v) is 16.8. The van der Waals surface area contributed by atoms with Crippen molar-refractivity contribution in [3.8, 4) is 16.9 Å². The molecule has 3 aromatic rings. The summed E-state index contributed by atoms with van der Waals surface area (Å²) in [6, 6.07) is 17.1. The number of benzene rings is 3. The highest BCUT2D eigenvalue weighted by molar-refractivity contribution is 6.40. The van der Waals surface area contributed by atoms with Gasteiger partial charge in [-0.2, -0.15) is 0 Å². The van der Waals surface area contributed by atoms with Crippen LogP contribution >= 0.6 is 23.2 Å². The number of carbonyl (C=O) groups is 1. The van der Waals surface area contributed by atoms with E-state index < -0.39 is 18.1 Å². The fourth-order valence-electron chi connectivity index (χ4n) is 2.74. The SMILES string of the molecule is O=C(NCc1ccccc1)Nc1cc(Cl)c(-c2ccccc2OC(F)(F)F)c(Cl)c1. The standard InChI is InChI=1S/C21H15Cl2F3N2O2/c22-16-10-14(28-20(29)27-12-13-6-2-1-3-7-13)11-17(23)19(16)15-8-4-5-9-18(15)30-21(24,25)26/h1-11H,12H2,(H2,27,28,29). The second-order valence-electron chi connectivity index (χ2n) is 6.15. The molecule has 0 bridgehead atoms. The molecule has 0 spiro atoms. The van der Waals surface area contributed by atoms with Gasteiger partial charge in [0.1, 0.15) is 5.75 Å². The van der Waals surface area contributed by atoms with Crippen LogP contribution in [0.4, 0.5) is 23.7 Å². The molecule has 0 aliphatic carbocycles. The van der Waals surface area contributed by atoms with E-state index in [2.05, 4.69) is 15.4 Å². The molecule has 9 heteroatoms. The Morgan fingerprint density at radius 1 is 0.933 bits per heavy atom. The number of urea groups is 1. The minimum Gasteiger partial charge on any atom is -0.405 e. The number of amides is 2. The van der Waals surface area contributed by atoms with Crippen LogP contribution in [0.25, 0.3) is 11.1 Å². The van der Waals surface area contributed by atoms with E-state index in [1.54, 1.807) is 0 Å². The third kappa shape index (κ3) is 5.81. The molecule has 0 aliphatic heterocycles. The summed E-state index contributed by atoms with van der Waals surface area (Å²) in [6.07, 6.45) is -4.87. The maximum atomic E-state index is 12.7. The number of rotatable bonds is 5. The van der Waals surface area contributed by atoms with Crippen LogP contribution in [0.5, 0.6) is 5.75 Å². The van der Waals surface area contributed by atoms with Gasteiger partial charge in [-0.25, -0.2) is 4.79 Å². The number of carbonyl (C=O) groups excluding carboxylic acids is 1. The Labute approximate surface area is 180 Å². The molecule has 0 aromatic heterocycles. The van der Waals surface area contributed by atoms with Gasteiger partial charge in [0.25, 0.3) is 0 Å². The van der Waals surface area contributed by atoms with E-state index in [0.717, 1.165) is 5.56 Å². The van der Waals surface area contributed by atoms with Crippen molar-refractivity contribution in [2.75, 3.05) is 5.32 Å². The van der Waals surface area contributed by atoms with Crippen molar-refractivity contribution in [3.05, 3.63) is 82.3 Å². The Morgan fingerprint density at radius 2 is 1.53 bits per heavy atom. The van der Waals surface area contributed by atoms with E-state index in [1.165, 1.54) is 36.4 Å². The number of ether oxygens (including phenoxy) is 1. The summed E-state index contributed by atoms with van der Waals surface area (Å²) >= 11 is 12.6. The lowest BCUT2D eigenvalue weighted by atomic mass is 10.0. The van der Waals surface area contributed by atoms with Crippen LogP contribution in [0.2, 0.25) is 10.0 Å². The molecule has 0 atom stereocenters. The molecular weight excluding hydrogens is 440 g/mol. The fraction of sp³-hybridized carbons (Fsp3) is 0.0952. The molecule has 3 rings (SSSR count). The smallest absolute Gasteiger partial charge is 0.405 e.